The van der Waals surface area contributed by atoms with E-state index in [0.29, 0.717) is 6.61 Å². The molecule has 0 saturated carbocycles. The minimum absolute atomic E-state index is 0.122. The molecule has 0 aliphatic carbocycles. The summed E-state index contributed by atoms with van der Waals surface area (Å²) in [5.74, 6) is 0. The molecule has 3 aromatic rings. The van der Waals surface area contributed by atoms with Crippen LogP contribution in [0.25, 0.3) is 9.78 Å². The van der Waals surface area contributed by atoms with E-state index in [1.54, 1.807) is 0 Å². The van der Waals surface area contributed by atoms with Gasteiger partial charge in [0.05, 0.1) is 0 Å². The van der Waals surface area contributed by atoms with Crippen molar-refractivity contribution in [2.24, 2.45) is 0 Å². The Kier molecular flexibility index (Phi) is 5.97. The van der Waals surface area contributed by atoms with Crippen molar-refractivity contribution in [3.63, 3.8) is 0 Å². The number of aromatic nitrogens is 1. The summed E-state index contributed by atoms with van der Waals surface area (Å²) in [7, 11) is -1.80. The molecule has 0 fully saturated rings. The van der Waals surface area contributed by atoms with Gasteiger partial charge in [-0.1, -0.05) is 0 Å². The number of fused-ring (bicyclic) bond motifs is 1. The maximum absolute atomic E-state index is 6.55. The van der Waals surface area contributed by atoms with Crippen molar-refractivity contribution in [2.75, 3.05) is 11.9 Å². The summed E-state index contributed by atoms with van der Waals surface area (Å²) in [6.07, 6.45) is 0. The van der Waals surface area contributed by atoms with Crippen LogP contribution in [0.1, 0.15) is 37.9 Å². The van der Waals surface area contributed by atoms with Gasteiger partial charge in [-0.25, -0.2) is 0 Å². The van der Waals surface area contributed by atoms with E-state index in [1.807, 2.05) is 0 Å². The average Bonchev–Trinajstić information content (AvgIpc) is 3.00. The van der Waals surface area contributed by atoms with Gasteiger partial charge in [0, 0.05) is 0 Å². The molecule has 1 atom stereocenters. The Bertz CT molecular complexity index is 900. The first kappa shape index (κ1) is 20.3. The fraction of sp³-hybridized carbons (Fsp3) is 0.409. The molecule has 3 nitrogen and oxygen atoms in total. The molecule has 1 aromatic heterocycles. The second-order valence-electron chi connectivity index (χ2n) is 8.67. The molecule has 0 amide bonds. The Labute approximate surface area is 170 Å². The van der Waals surface area contributed by atoms with Crippen molar-refractivity contribution in [3.05, 3.63) is 59.7 Å². The number of benzene rings is 2. The SMILES string of the molecule is Cc1ccc2[se]c(N[C@@H](CO[Si](C)(C)C(C)(C)C)c3ccccc3)nc2c1. The number of aryl methyl sites for hydroxylation is 1. The Balaban J connectivity index is 1.83. The van der Waals surface area contributed by atoms with Gasteiger partial charge in [0.1, 0.15) is 0 Å². The van der Waals surface area contributed by atoms with Crippen LogP contribution in [0.15, 0.2) is 48.5 Å². The van der Waals surface area contributed by atoms with Crippen LogP contribution in [0, 0.1) is 6.92 Å². The number of nitrogens with one attached hydrogen (secondary N) is 1. The van der Waals surface area contributed by atoms with Gasteiger partial charge in [-0.2, -0.15) is 0 Å². The van der Waals surface area contributed by atoms with Crippen molar-refractivity contribution in [2.45, 2.75) is 51.9 Å². The van der Waals surface area contributed by atoms with Crippen LogP contribution in [0.5, 0.6) is 0 Å². The number of hydrogen-bond donors (Lipinski definition) is 1. The molecule has 5 heteroatoms. The fourth-order valence-electron chi connectivity index (χ4n) is 2.66. The van der Waals surface area contributed by atoms with E-state index in [9.17, 15) is 0 Å². The van der Waals surface area contributed by atoms with Crippen LogP contribution < -0.4 is 5.32 Å². The van der Waals surface area contributed by atoms with Crippen LogP contribution >= 0.6 is 0 Å². The molecule has 144 valence electrons. The first-order valence-electron chi connectivity index (χ1n) is 9.48. The van der Waals surface area contributed by atoms with Gasteiger partial charge in [0.25, 0.3) is 0 Å². The van der Waals surface area contributed by atoms with Crippen LogP contribution in [0.3, 0.4) is 0 Å². The average molecular weight is 446 g/mol. The molecule has 27 heavy (non-hydrogen) atoms. The molecule has 0 spiro atoms. The zero-order chi connectivity index (χ0) is 19.7. The first-order valence-corrected chi connectivity index (χ1v) is 14.1. The van der Waals surface area contributed by atoms with E-state index >= 15 is 0 Å². The molecule has 0 saturated heterocycles. The molecule has 0 aliphatic rings. The van der Waals surface area contributed by atoms with Crippen molar-refractivity contribution >= 4 is 37.3 Å². The van der Waals surface area contributed by atoms with Gasteiger partial charge in [0.15, 0.2) is 0 Å². The van der Waals surface area contributed by atoms with Crippen molar-refractivity contribution < 1.29 is 4.43 Å². The van der Waals surface area contributed by atoms with E-state index in [4.69, 9.17) is 9.41 Å². The second-order valence-corrected chi connectivity index (χ2v) is 15.6. The molecule has 2 aromatic carbocycles. The van der Waals surface area contributed by atoms with Gasteiger partial charge in [0.2, 0.25) is 0 Å². The molecule has 1 heterocycles. The summed E-state index contributed by atoms with van der Waals surface area (Å²) in [4.78, 5) is 4.86. The molecule has 1 N–H and O–H groups in total. The van der Waals surface area contributed by atoms with Gasteiger partial charge in [-0.15, -0.1) is 0 Å². The zero-order valence-corrected chi connectivity index (χ0v) is 19.9. The van der Waals surface area contributed by atoms with E-state index in [1.165, 1.54) is 15.4 Å². The molecule has 3 rings (SSSR count). The summed E-state index contributed by atoms with van der Waals surface area (Å²) in [5, 5.41) is 3.90. The zero-order valence-electron chi connectivity index (χ0n) is 17.2. The van der Waals surface area contributed by atoms with Crippen LogP contribution in [0.2, 0.25) is 18.1 Å². The van der Waals surface area contributed by atoms with Crippen molar-refractivity contribution in [1.82, 2.24) is 4.98 Å². The summed E-state index contributed by atoms with van der Waals surface area (Å²) in [6.45, 7) is 14.3. The monoisotopic (exact) mass is 446 g/mol. The molecule has 0 bridgehead atoms. The first-order chi connectivity index (χ1) is 12.7. The summed E-state index contributed by atoms with van der Waals surface area (Å²) >= 11 is 0.229. The van der Waals surface area contributed by atoms with Gasteiger partial charge >= 0.3 is 170 Å². The summed E-state index contributed by atoms with van der Waals surface area (Å²) in [5.41, 5.74) is 3.63. The Morgan fingerprint density at radius 1 is 1.11 bits per heavy atom. The molecular weight excluding hydrogens is 415 g/mol. The van der Waals surface area contributed by atoms with Crippen molar-refractivity contribution in [3.8, 4) is 0 Å². The van der Waals surface area contributed by atoms with Crippen LogP contribution in [-0.2, 0) is 4.43 Å². The summed E-state index contributed by atoms with van der Waals surface area (Å²) < 4.78 is 8.99. The Hall–Kier alpha value is -1.39. The predicted octanol–water partition coefficient (Wildman–Crippen LogP) is 5.78. The number of hydrogen-bond acceptors (Lipinski definition) is 3. The van der Waals surface area contributed by atoms with E-state index < -0.39 is 8.32 Å². The normalized spacial score (nSPS) is 13.7. The van der Waals surface area contributed by atoms with E-state index in [-0.39, 0.29) is 25.6 Å². The molecular formula is C22H30N2OSeSi. The van der Waals surface area contributed by atoms with Gasteiger partial charge < -0.3 is 0 Å². The Morgan fingerprint density at radius 2 is 1.81 bits per heavy atom. The molecule has 0 aliphatic heterocycles. The standard InChI is InChI=1S/C22H30N2OSeSi/c1-16-12-13-20-18(14-16)23-21(26-20)24-19(17-10-8-7-9-11-17)15-25-27(5,6)22(2,3)4/h7-14,19H,15H2,1-6H3,(H,23,24)/t19-/m0/s1. The third-order valence-electron chi connectivity index (χ3n) is 5.46. The predicted molar refractivity (Wildman–Crippen MR) is 119 cm³/mol. The van der Waals surface area contributed by atoms with Crippen LogP contribution in [-0.4, -0.2) is 34.4 Å². The number of anilines is 1. The third kappa shape index (κ3) is 4.91. The van der Waals surface area contributed by atoms with E-state index in [2.05, 4.69) is 94.6 Å². The van der Waals surface area contributed by atoms with E-state index in [0.717, 1.165) is 10.2 Å². The quantitative estimate of drug-likeness (QED) is 0.489. The molecule has 0 unspecified atom stereocenters. The number of rotatable bonds is 6. The maximum atomic E-state index is 6.55. The minimum atomic E-state index is -1.80. The molecule has 0 radical (unpaired) electrons. The fourth-order valence-corrected chi connectivity index (χ4v) is 5.56. The van der Waals surface area contributed by atoms with Gasteiger partial charge in [-0.3, -0.25) is 0 Å². The second kappa shape index (κ2) is 7.92. The Morgan fingerprint density at radius 3 is 2.48 bits per heavy atom. The summed E-state index contributed by atoms with van der Waals surface area (Å²) in [6, 6.07) is 17.3. The topological polar surface area (TPSA) is 34.1 Å². The van der Waals surface area contributed by atoms with Crippen molar-refractivity contribution in [1.29, 1.82) is 0 Å². The number of nitrogens with zero attached hydrogens (tertiary/aromatic N) is 1. The van der Waals surface area contributed by atoms with Gasteiger partial charge in [-0.05, 0) is 0 Å². The third-order valence-corrected chi connectivity index (χ3v) is 12.0. The van der Waals surface area contributed by atoms with Crippen LogP contribution in [0.4, 0.5) is 4.69 Å².